The standard InChI is InChI=1S/C26H25NO6/c1-3-31-19-11-7-17(8-12-19)23-22(24(28)18-9-13-20(14-10-18)32-4-2)25(29)26(30)27(23)16-21-6-5-15-33-21/h5-15,23,28H,3-4,16H2,1-2H3. The Labute approximate surface area is 191 Å². The Bertz CT molecular complexity index is 1150. The molecule has 2 aromatic carbocycles. The molecule has 1 saturated heterocycles. The van der Waals surface area contributed by atoms with Crippen LogP contribution in [-0.4, -0.2) is 34.9 Å². The number of carbonyl (C=O) groups is 2. The zero-order valence-corrected chi connectivity index (χ0v) is 18.5. The Morgan fingerprint density at radius 1 is 0.939 bits per heavy atom. The van der Waals surface area contributed by atoms with E-state index in [0.29, 0.717) is 41.6 Å². The third-order valence-corrected chi connectivity index (χ3v) is 5.39. The van der Waals surface area contributed by atoms with Crippen LogP contribution in [0.5, 0.6) is 11.5 Å². The molecule has 1 amide bonds. The highest BCUT2D eigenvalue weighted by molar-refractivity contribution is 6.46. The fourth-order valence-corrected chi connectivity index (χ4v) is 3.90. The first-order valence-electron chi connectivity index (χ1n) is 10.8. The van der Waals surface area contributed by atoms with E-state index in [9.17, 15) is 14.7 Å². The van der Waals surface area contributed by atoms with Gasteiger partial charge < -0.3 is 23.9 Å². The monoisotopic (exact) mass is 447 g/mol. The zero-order chi connectivity index (χ0) is 23.4. The molecule has 7 heteroatoms. The molecule has 0 spiro atoms. The number of rotatable bonds is 8. The summed E-state index contributed by atoms with van der Waals surface area (Å²) in [6.45, 7) is 4.90. The second-order valence-corrected chi connectivity index (χ2v) is 7.47. The molecule has 1 aromatic heterocycles. The molecule has 3 aromatic rings. The van der Waals surface area contributed by atoms with Gasteiger partial charge in [-0.05, 0) is 67.9 Å². The number of hydrogen-bond acceptors (Lipinski definition) is 6. The Morgan fingerprint density at radius 3 is 2.09 bits per heavy atom. The number of benzene rings is 2. The molecule has 1 fully saturated rings. The number of aliphatic hydroxyl groups is 1. The summed E-state index contributed by atoms with van der Waals surface area (Å²) in [5.74, 6) is 0.182. The maximum absolute atomic E-state index is 13.1. The van der Waals surface area contributed by atoms with Crippen molar-refractivity contribution in [2.75, 3.05) is 13.2 Å². The van der Waals surface area contributed by atoms with E-state index in [-0.39, 0.29) is 17.9 Å². The number of carbonyl (C=O) groups excluding carboxylic acids is 2. The molecule has 0 bridgehead atoms. The minimum absolute atomic E-state index is 0.0277. The lowest BCUT2D eigenvalue weighted by Gasteiger charge is -2.24. The first-order chi connectivity index (χ1) is 16.0. The van der Waals surface area contributed by atoms with Gasteiger partial charge in [-0.25, -0.2) is 0 Å². The van der Waals surface area contributed by atoms with Gasteiger partial charge in [0.2, 0.25) is 0 Å². The number of ketones is 1. The molecule has 1 aliphatic heterocycles. The quantitative estimate of drug-likeness (QED) is 0.306. The Morgan fingerprint density at radius 2 is 1.55 bits per heavy atom. The van der Waals surface area contributed by atoms with E-state index < -0.39 is 17.7 Å². The number of furan rings is 1. The highest BCUT2D eigenvalue weighted by Gasteiger charge is 2.46. The van der Waals surface area contributed by atoms with E-state index in [4.69, 9.17) is 13.9 Å². The van der Waals surface area contributed by atoms with Crippen molar-refractivity contribution in [3.63, 3.8) is 0 Å². The van der Waals surface area contributed by atoms with Crippen molar-refractivity contribution in [2.45, 2.75) is 26.4 Å². The van der Waals surface area contributed by atoms with E-state index in [1.54, 1.807) is 60.7 Å². The maximum atomic E-state index is 13.1. The van der Waals surface area contributed by atoms with Gasteiger partial charge >= 0.3 is 0 Å². The number of amides is 1. The molecule has 0 radical (unpaired) electrons. The summed E-state index contributed by atoms with van der Waals surface area (Å²) in [7, 11) is 0. The molecule has 0 aliphatic carbocycles. The number of likely N-dealkylation sites (tertiary alicyclic amines) is 1. The van der Waals surface area contributed by atoms with Crippen molar-refractivity contribution in [1.29, 1.82) is 0 Å². The van der Waals surface area contributed by atoms with Gasteiger partial charge in [0.05, 0.1) is 37.6 Å². The minimum atomic E-state index is -0.780. The van der Waals surface area contributed by atoms with Crippen LogP contribution in [0, 0.1) is 0 Å². The SMILES string of the molecule is CCOc1ccc(C(O)=C2C(=O)C(=O)N(Cc3ccco3)C2c2ccc(OCC)cc2)cc1. The second kappa shape index (κ2) is 9.65. The van der Waals surface area contributed by atoms with Gasteiger partial charge in [0.15, 0.2) is 0 Å². The van der Waals surface area contributed by atoms with Crippen molar-refractivity contribution in [3.05, 3.63) is 89.4 Å². The molecule has 1 N–H and O–H groups in total. The summed E-state index contributed by atoms with van der Waals surface area (Å²) >= 11 is 0. The molecule has 33 heavy (non-hydrogen) atoms. The predicted molar refractivity (Wildman–Crippen MR) is 122 cm³/mol. The number of Topliss-reactive ketones (excluding diaryl/α,β-unsaturated/α-hetero) is 1. The summed E-state index contributed by atoms with van der Waals surface area (Å²) in [5.41, 5.74) is 1.13. The van der Waals surface area contributed by atoms with Crippen molar-refractivity contribution in [1.82, 2.24) is 4.90 Å². The maximum Gasteiger partial charge on any atom is 0.296 e. The third-order valence-electron chi connectivity index (χ3n) is 5.39. The third kappa shape index (κ3) is 4.48. The number of hydrogen-bond donors (Lipinski definition) is 1. The Hall–Kier alpha value is -4.00. The molecule has 1 unspecified atom stereocenters. The largest absolute Gasteiger partial charge is 0.507 e. The molecule has 4 rings (SSSR count). The average molecular weight is 447 g/mol. The lowest BCUT2D eigenvalue weighted by molar-refractivity contribution is -0.140. The summed E-state index contributed by atoms with van der Waals surface area (Å²) in [6, 6.07) is 16.6. The first-order valence-corrected chi connectivity index (χ1v) is 10.8. The van der Waals surface area contributed by atoms with Gasteiger partial charge in [0.1, 0.15) is 23.0 Å². The fraction of sp³-hybridized carbons (Fsp3) is 0.231. The number of ether oxygens (including phenoxy) is 2. The summed E-state index contributed by atoms with van der Waals surface area (Å²) < 4.78 is 16.4. The lowest BCUT2D eigenvalue weighted by atomic mass is 9.95. The number of nitrogens with zero attached hydrogens (tertiary/aromatic N) is 1. The smallest absolute Gasteiger partial charge is 0.296 e. The topological polar surface area (TPSA) is 89.2 Å². The summed E-state index contributed by atoms with van der Waals surface area (Å²) in [6.07, 6.45) is 1.51. The van der Waals surface area contributed by atoms with Crippen molar-refractivity contribution in [2.24, 2.45) is 0 Å². The normalized spacial score (nSPS) is 17.4. The number of aliphatic hydroxyl groups excluding tert-OH is 1. The first kappa shape index (κ1) is 22.2. The Balaban J connectivity index is 1.79. The molecular formula is C26H25NO6. The highest BCUT2D eigenvalue weighted by atomic mass is 16.5. The van der Waals surface area contributed by atoms with Gasteiger partial charge in [-0.15, -0.1) is 0 Å². The molecule has 7 nitrogen and oxygen atoms in total. The van der Waals surface area contributed by atoms with Crippen LogP contribution < -0.4 is 9.47 Å². The second-order valence-electron chi connectivity index (χ2n) is 7.47. The summed E-state index contributed by atoms with van der Waals surface area (Å²) in [4.78, 5) is 27.5. The van der Waals surface area contributed by atoms with Crippen LogP contribution >= 0.6 is 0 Å². The van der Waals surface area contributed by atoms with Crippen molar-refractivity contribution >= 4 is 17.4 Å². The van der Waals surface area contributed by atoms with Gasteiger partial charge in [-0.2, -0.15) is 0 Å². The van der Waals surface area contributed by atoms with Crippen molar-refractivity contribution < 1.29 is 28.6 Å². The van der Waals surface area contributed by atoms with E-state index in [2.05, 4.69) is 0 Å². The van der Waals surface area contributed by atoms with Crippen LogP contribution in [-0.2, 0) is 16.1 Å². The van der Waals surface area contributed by atoms with Crippen LogP contribution in [0.3, 0.4) is 0 Å². The molecule has 0 saturated carbocycles. The van der Waals surface area contributed by atoms with Gasteiger partial charge in [0, 0.05) is 5.56 Å². The van der Waals surface area contributed by atoms with Crippen LogP contribution in [0.2, 0.25) is 0 Å². The lowest BCUT2D eigenvalue weighted by Crippen LogP contribution is -2.29. The van der Waals surface area contributed by atoms with E-state index in [0.717, 1.165) is 0 Å². The van der Waals surface area contributed by atoms with Crippen LogP contribution in [0.1, 0.15) is 36.8 Å². The average Bonchev–Trinajstić information content (AvgIpc) is 3.43. The predicted octanol–water partition coefficient (Wildman–Crippen LogP) is 4.70. The van der Waals surface area contributed by atoms with Gasteiger partial charge in [-0.3, -0.25) is 9.59 Å². The van der Waals surface area contributed by atoms with Crippen LogP contribution in [0.4, 0.5) is 0 Å². The minimum Gasteiger partial charge on any atom is -0.507 e. The van der Waals surface area contributed by atoms with Crippen LogP contribution in [0.25, 0.3) is 5.76 Å². The molecule has 1 atom stereocenters. The zero-order valence-electron chi connectivity index (χ0n) is 18.5. The van der Waals surface area contributed by atoms with Gasteiger partial charge in [0.25, 0.3) is 11.7 Å². The van der Waals surface area contributed by atoms with Crippen LogP contribution in [0.15, 0.2) is 76.9 Å². The summed E-state index contributed by atoms with van der Waals surface area (Å²) in [5, 5.41) is 11.1. The molecular weight excluding hydrogens is 422 g/mol. The Kier molecular flexibility index (Phi) is 6.49. The van der Waals surface area contributed by atoms with E-state index in [1.165, 1.54) is 11.2 Å². The van der Waals surface area contributed by atoms with E-state index in [1.807, 2.05) is 13.8 Å². The van der Waals surface area contributed by atoms with Crippen molar-refractivity contribution in [3.8, 4) is 11.5 Å². The van der Waals surface area contributed by atoms with Gasteiger partial charge in [-0.1, -0.05) is 12.1 Å². The van der Waals surface area contributed by atoms with E-state index >= 15 is 0 Å². The highest BCUT2D eigenvalue weighted by Crippen LogP contribution is 2.40. The molecule has 170 valence electrons. The fourth-order valence-electron chi connectivity index (χ4n) is 3.90. The molecule has 1 aliphatic rings. The molecule has 2 heterocycles.